The third-order valence-corrected chi connectivity index (χ3v) is 3.32. The molecular weight excluding hydrogens is 283 g/mol. The molecule has 0 aliphatic carbocycles. The number of halogens is 1. The minimum absolute atomic E-state index is 0.149. The maximum atomic E-state index is 13.4. The number of hydrogen-bond acceptors (Lipinski definition) is 2. The normalized spacial score (nSPS) is 10.1. The second kappa shape index (κ2) is 7.45. The summed E-state index contributed by atoms with van der Waals surface area (Å²) >= 11 is 0. The Hall–Kier alpha value is -2.56. The lowest BCUT2D eigenvalue weighted by Crippen LogP contribution is -2.32. The molecule has 0 unspecified atom stereocenters. The molecule has 0 atom stereocenters. The van der Waals surface area contributed by atoms with E-state index in [0.29, 0.717) is 13.2 Å². The lowest BCUT2D eigenvalue weighted by Gasteiger charge is -2.12. The number of benzene rings is 2. The first kappa shape index (κ1) is 15.8. The van der Waals surface area contributed by atoms with E-state index in [1.54, 1.807) is 12.1 Å². The van der Waals surface area contributed by atoms with Crippen LogP contribution in [0, 0.1) is 19.7 Å². The zero-order valence-corrected chi connectivity index (χ0v) is 12.7. The van der Waals surface area contributed by atoms with Gasteiger partial charge in [-0.25, -0.2) is 9.18 Å². The van der Waals surface area contributed by atoms with E-state index in [0.717, 1.165) is 16.9 Å². The molecule has 5 heteroatoms. The fraction of sp³-hybridized carbons (Fsp3) is 0.235. The number of urea groups is 1. The molecule has 0 radical (unpaired) electrons. The van der Waals surface area contributed by atoms with Gasteiger partial charge >= 0.3 is 6.03 Å². The van der Waals surface area contributed by atoms with Crippen LogP contribution < -0.4 is 15.4 Å². The van der Waals surface area contributed by atoms with Crippen LogP contribution in [0.3, 0.4) is 0 Å². The Morgan fingerprint density at radius 1 is 1.14 bits per heavy atom. The summed E-state index contributed by atoms with van der Waals surface area (Å²) in [4.78, 5) is 11.7. The van der Waals surface area contributed by atoms with Gasteiger partial charge in [-0.2, -0.15) is 0 Å². The van der Waals surface area contributed by atoms with Crippen LogP contribution in [0.1, 0.15) is 11.1 Å². The molecule has 0 saturated heterocycles. The first-order valence-corrected chi connectivity index (χ1v) is 7.06. The molecule has 0 saturated carbocycles. The topological polar surface area (TPSA) is 50.4 Å². The van der Waals surface area contributed by atoms with Crippen LogP contribution >= 0.6 is 0 Å². The van der Waals surface area contributed by atoms with Gasteiger partial charge in [0, 0.05) is 0 Å². The maximum Gasteiger partial charge on any atom is 0.319 e. The number of hydrogen-bond donors (Lipinski definition) is 2. The highest BCUT2D eigenvalue weighted by Crippen LogP contribution is 2.20. The highest BCUT2D eigenvalue weighted by Gasteiger charge is 2.06. The van der Waals surface area contributed by atoms with Gasteiger partial charge < -0.3 is 15.4 Å². The smallest absolute Gasteiger partial charge is 0.319 e. The monoisotopic (exact) mass is 302 g/mol. The quantitative estimate of drug-likeness (QED) is 0.828. The molecule has 0 spiro atoms. The summed E-state index contributed by atoms with van der Waals surface area (Å²) in [7, 11) is 0. The van der Waals surface area contributed by atoms with Crippen molar-refractivity contribution in [2.75, 3.05) is 18.5 Å². The van der Waals surface area contributed by atoms with Crippen molar-refractivity contribution >= 4 is 11.7 Å². The summed E-state index contributed by atoms with van der Waals surface area (Å²) in [6.45, 7) is 4.67. The van der Waals surface area contributed by atoms with E-state index in [1.165, 1.54) is 12.1 Å². The zero-order chi connectivity index (χ0) is 15.9. The molecule has 4 nitrogen and oxygen atoms in total. The van der Waals surface area contributed by atoms with Gasteiger partial charge in [0.1, 0.15) is 18.2 Å². The Balaban J connectivity index is 1.76. The molecule has 0 heterocycles. The van der Waals surface area contributed by atoms with Gasteiger partial charge in [-0.1, -0.05) is 24.3 Å². The van der Waals surface area contributed by atoms with Gasteiger partial charge in [-0.05, 0) is 43.2 Å². The van der Waals surface area contributed by atoms with Crippen LogP contribution in [-0.2, 0) is 0 Å². The van der Waals surface area contributed by atoms with Crippen molar-refractivity contribution in [3.63, 3.8) is 0 Å². The number of para-hydroxylation sites is 1. The van der Waals surface area contributed by atoms with E-state index < -0.39 is 11.8 Å². The zero-order valence-electron chi connectivity index (χ0n) is 12.7. The van der Waals surface area contributed by atoms with Crippen molar-refractivity contribution in [1.29, 1.82) is 0 Å². The molecule has 0 fully saturated rings. The summed E-state index contributed by atoms with van der Waals surface area (Å²) in [6, 6.07) is 11.4. The number of amides is 2. The highest BCUT2D eigenvalue weighted by molar-refractivity contribution is 5.89. The average molecular weight is 302 g/mol. The molecule has 22 heavy (non-hydrogen) atoms. The van der Waals surface area contributed by atoms with Gasteiger partial charge in [0.15, 0.2) is 0 Å². The summed E-state index contributed by atoms with van der Waals surface area (Å²) in [5.74, 6) is 0.334. The predicted molar refractivity (Wildman–Crippen MR) is 84.8 cm³/mol. The SMILES string of the molecule is Cc1cccc(OCCNC(=O)Nc2ccccc2F)c1C. The van der Waals surface area contributed by atoms with Gasteiger partial charge in [-0.15, -0.1) is 0 Å². The number of rotatable bonds is 5. The van der Waals surface area contributed by atoms with Crippen molar-refractivity contribution in [3.8, 4) is 5.75 Å². The Kier molecular flexibility index (Phi) is 5.36. The minimum atomic E-state index is -0.468. The van der Waals surface area contributed by atoms with Crippen LogP contribution in [-0.4, -0.2) is 19.2 Å². The van der Waals surface area contributed by atoms with Crippen molar-refractivity contribution in [2.45, 2.75) is 13.8 Å². The van der Waals surface area contributed by atoms with Gasteiger partial charge in [0.25, 0.3) is 0 Å². The van der Waals surface area contributed by atoms with Gasteiger partial charge in [0.2, 0.25) is 0 Å². The first-order valence-electron chi connectivity index (χ1n) is 7.06. The molecule has 0 bridgehead atoms. The molecule has 2 aromatic carbocycles. The number of carbonyl (C=O) groups is 1. The molecule has 2 aromatic rings. The second-order valence-electron chi connectivity index (χ2n) is 4.91. The number of anilines is 1. The predicted octanol–water partition coefficient (Wildman–Crippen LogP) is 3.64. The van der Waals surface area contributed by atoms with E-state index >= 15 is 0 Å². The molecule has 2 amide bonds. The lowest BCUT2D eigenvalue weighted by atomic mass is 10.1. The number of aryl methyl sites for hydroxylation is 1. The number of carbonyl (C=O) groups excluding carboxylic acids is 1. The largest absolute Gasteiger partial charge is 0.491 e. The van der Waals surface area contributed by atoms with Crippen LogP contribution in [0.4, 0.5) is 14.9 Å². The second-order valence-corrected chi connectivity index (χ2v) is 4.91. The molecular formula is C17H19FN2O2. The lowest BCUT2D eigenvalue weighted by molar-refractivity contribution is 0.247. The molecule has 0 aliphatic rings. The van der Waals surface area contributed by atoms with E-state index in [9.17, 15) is 9.18 Å². The summed E-state index contributed by atoms with van der Waals surface area (Å²) in [5.41, 5.74) is 2.39. The highest BCUT2D eigenvalue weighted by atomic mass is 19.1. The average Bonchev–Trinajstić information content (AvgIpc) is 2.50. The minimum Gasteiger partial charge on any atom is -0.491 e. The first-order chi connectivity index (χ1) is 10.6. The fourth-order valence-electron chi connectivity index (χ4n) is 1.94. The third-order valence-electron chi connectivity index (χ3n) is 3.32. The van der Waals surface area contributed by atoms with Gasteiger partial charge in [-0.3, -0.25) is 0 Å². The van der Waals surface area contributed by atoms with Crippen LogP contribution in [0.25, 0.3) is 0 Å². The number of nitrogens with one attached hydrogen (secondary N) is 2. The Bertz CT molecular complexity index is 659. The van der Waals surface area contributed by atoms with Gasteiger partial charge in [0.05, 0.1) is 12.2 Å². The molecule has 0 aliphatic heterocycles. The maximum absolute atomic E-state index is 13.4. The Morgan fingerprint density at radius 3 is 2.68 bits per heavy atom. The molecule has 2 rings (SSSR count). The number of ether oxygens (including phenoxy) is 1. The molecule has 116 valence electrons. The van der Waals surface area contributed by atoms with E-state index in [-0.39, 0.29) is 5.69 Å². The van der Waals surface area contributed by atoms with Crippen LogP contribution in [0.5, 0.6) is 5.75 Å². The fourth-order valence-corrected chi connectivity index (χ4v) is 1.94. The van der Waals surface area contributed by atoms with E-state index in [4.69, 9.17) is 4.74 Å². The van der Waals surface area contributed by atoms with Crippen LogP contribution in [0.15, 0.2) is 42.5 Å². The van der Waals surface area contributed by atoms with Crippen molar-refractivity contribution in [2.24, 2.45) is 0 Å². The summed E-state index contributed by atoms with van der Waals surface area (Å²) in [6.07, 6.45) is 0. The van der Waals surface area contributed by atoms with Crippen molar-refractivity contribution in [1.82, 2.24) is 5.32 Å². The van der Waals surface area contributed by atoms with Crippen molar-refractivity contribution < 1.29 is 13.9 Å². The van der Waals surface area contributed by atoms with E-state index in [1.807, 2.05) is 32.0 Å². The Morgan fingerprint density at radius 2 is 1.91 bits per heavy atom. The van der Waals surface area contributed by atoms with Crippen molar-refractivity contribution in [3.05, 3.63) is 59.4 Å². The third kappa shape index (κ3) is 4.22. The Labute approximate surface area is 129 Å². The summed E-state index contributed by atoms with van der Waals surface area (Å²) < 4.78 is 19.0. The standard InChI is InChI=1S/C17H19FN2O2/c1-12-6-5-9-16(13(12)2)22-11-10-19-17(21)20-15-8-4-3-7-14(15)18/h3-9H,10-11H2,1-2H3,(H2,19,20,21). The molecule has 0 aromatic heterocycles. The van der Waals surface area contributed by atoms with Crippen LogP contribution in [0.2, 0.25) is 0 Å². The molecule has 2 N–H and O–H groups in total. The summed E-state index contributed by atoms with van der Waals surface area (Å²) in [5, 5.41) is 5.07. The van der Waals surface area contributed by atoms with E-state index in [2.05, 4.69) is 10.6 Å².